The molecule has 3 nitrogen and oxygen atoms in total. The molecule has 0 bridgehead atoms. The molecule has 1 heterocycles. The molecule has 0 aliphatic carbocycles. The van der Waals surface area contributed by atoms with E-state index in [1.807, 2.05) is 0 Å². The van der Waals surface area contributed by atoms with Gasteiger partial charge in [0.1, 0.15) is 4.60 Å². The molecule has 0 aliphatic rings. The largest absolute Gasteiger partial charge is 0.443 e. The molecule has 1 rings (SSSR count). The minimum atomic E-state index is -4.42. The van der Waals surface area contributed by atoms with Crippen molar-refractivity contribution in [1.82, 2.24) is 10.3 Å². The highest BCUT2D eigenvalue weighted by Crippen LogP contribution is 2.36. The fourth-order valence-corrected chi connectivity index (χ4v) is 2.38. The van der Waals surface area contributed by atoms with E-state index in [9.17, 15) is 13.2 Å². The number of nitrogens with one attached hydrogen (secondary N) is 1. The van der Waals surface area contributed by atoms with Crippen LogP contribution < -0.4 is 5.32 Å². The Morgan fingerprint density at radius 3 is 2.41 bits per heavy atom. The van der Waals surface area contributed by atoms with Crippen LogP contribution in [0.25, 0.3) is 0 Å². The highest BCUT2D eigenvalue weighted by atomic mass is 79.9. The van der Waals surface area contributed by atoms with Crippen LogP contribution in [0, 0.1) is 0 Å². The van der Waals surface area contributed by atoms with Crippen molar-refractivity contribution >= 4 is 27.3 Å². The van der Waals surface area contributed by atoms with Crippen molar-refractivity contribution in [3.8, 4) is 0 Å². The zero-order chi connectivity index (χ0) is 13.3. The molecule has 0 unspecified atom stereocenters. The van der Waals surface area contributed by atoms with Crippen LogP contribution in [0.4, 0.5) is 13.2 Å². The van der Waals surface area contributed by atoms with Crippen LogP contribution in [-0.4, -0.2) is 22.2 Å². The summed E-state index contributed by atoms with van der Waals surface area (Å²) in [5.41, 5.74) is -0.540. The van der Waals surface area contributed by atoms with Crippen molar-refractivity contribution in [3.05, 3.63) is 14.5 Å². The Bertz CT molecular complexity index is 392. The number of hydrogen-bond donors (Lipinski definition) is 2. The number of alkyl halides is 3. The van der Waals surface area contributed by atoms with E-state index in [1.165, 1.54) is 0 Å². The summed E-state index contributed by atoms with van der Waals surface area (Å²) in [5.74, 6) is 0. The van der Waals surface area contributed by atoms with Gasteiger partial charge in [0, 0.05) is 12.1 Å². The first kappa shape index (κ1) is 14.9. The van der Waals surface area contributed by atoms with Crippen molar-refractivity contribution < 1.29 is 18.3 Å². The zero-order valence-corrected chi connectivity index (χ0v) is 11.6. The monoisotopic (exact) mass is 332 g/mol. The highest BCUT2D eigenvalue weighted by molar-refractivity contribution is 9.10. The minimum absolute atomic E-state index is 0.102. The molecule has 8 heteroatoms. The van der Waals surface area contributed by atoms with Crippen LogP contribution in [0.15, 0.2) is 4.60 Å². The molecule has 1 aromatic heterocycles. The minimum Gasteiger partial charge on any atom is -0.394 e. The molecule has 0 saturated carbocycles. The second-order valence-corrected chi connectivity index (χ2v) is 5.96. The molecule has 2 N–H and O–H groups in total. The standard InChI is InChI=1S/C9H12BrF3N2OS/c1-8(2,4-16)14-3-5-6(10)15-7(17-5)9(11,12)13/h14,16H,3-4H2,1-2H3. The van der Waals surface area contributed by atoms with Crippen LogP contribution in [0.1, 0.15) is 23.7 Å². The molecule has 0 spiro atoms. The predicted molar refractivity (Wildman–Crippen MR) is 62.8 cm³/mol. The number of aliphatic hydroxyl groups is 1. The number of nitrogens with zero attached hydrogens (tertiary/aromatic N) is 1. The molecule has 0 fully saturated rings. The van der Waals surface area contributed by atoms with Crippen LogP contribution in [0.3, 0.4) is 0 Å². The van der Waals surface area contributed by atoms with Gasteiger partial charge >= 0.3 is 6.18 Å². The molecule has 0 aliphatic heterocycles. The van der Waals surface area contributed by atoms with E-state index in [0.717, 1.165) is 0 Å². The Hall–Kier alpha value is -0.180. The third-order valence-electron chi connectivity index (χ3n) is 2.01. The summed E-state index contributed by atoms with van der Waals surface area (Å²) in [6.45, 7) is 3.64. The van der Waals surface area contributed by atoms with Gasteiger partial charge in [-0.25, -0.2) is 4.98 Å². The number of halogens is 4. The first-order chi connectivity index (χ1) is 7.65. The molecular weight excluding hydrogens is 321 g/mol. The maximum Gasteiger partial charge on any atom is 0.443 e. The summed E-state index contributed by atoms with van der Waals surface area (Å²) < 4.78 is 37.4. The molecule has 1 aromatic rings. The van der Waals surface area contributed by atoms with Gasteiger partial charge in [0.25, 0.3) is 0 Å². The molecule has 17 heavy (non-hydrogen) atoms. The third kappa shape index (κ3) is 4.20. The lowest BCUT2D eigenvalue weighted by Crippen LogP contribution is -2.41. The van der Waals surface area contributed by atoms with E-state index in [1.54, 1.807) is 13.8 Å². The Morgan fingerprint density at radius 1 is 1.41 bits per heavy atom. The summed E-state index contributed by atoms with van der Waals surface area (Å²) >= 11 is 3.59. The first-order valence-corrected chi connectivity index (χ1v) is 6.35. The average molecular weight is 333 g/mol. The number of hydrogen-bond acceptors (Lipinski definition) is 4. The summed E-state index contributed by atoms with van der Waals surface area (Å²) in [7, 11) is 0. The van der Waals surface area contributed by atoms with Gasteiger partial charge in [0.05, 0.1) is 11.5 Å². The van der Waals surface area contributed by atoms with Gasteiger partial charge in [-0.1, -0.05) is 0 Å². The predicted octanol–water partition coefficient (Wildman–Crippen LogP) is 2.78. The first-order valence-electron chi connectivity index (χ1n) is 4.74. The normalized spacial score (nSPS) is 13.1. The molecule has 98 valence electrons. The highest BCUT2D eigenvalue weighted by Gasteiger charge is 2.35. The summed E-state index contributed by atoms with van der Waals surface area (Å²) in [6, 6.07) is 0. The molecule has 0 radical (unpaired) electrons. The Kier molecular flexibility index (Phi) is 4.56. The average Bonchev–Trinajstić information content (AvgIpc) is 2.57. The maximum absolute atomic E-state index is 12.4. The van der Waals surface area contributed by atoms with E-state index in [-0.39, 0.29) is 17.8 Å². The van der Waals surface area contributed by atoms with Crippen LogP contribution >= 0.6 is 27.3 Å². The van der Waals surface area contributed by atoms with Crippen LogP contribution in [-0.2, 0) is 12.7 Å². The van der Waals surface area contributed by atoms with E-state index >= 15 is 0 Å². The topological polar surface area (TPSA) is 45.1 Å². The van der Waals surface area contributed by atoms with Crippen molar-refractivity contribution in [3.63, 3.8) is 0 Å². The van der Waals surface area contributed by atoms with E-state index in [0.29, 0.717) is 16.2 Å². The summed E-state index contributed by atoms with van der Waals surface area (Å²) in [4.78, 5) is 3.87. The van der Waals surface area contributed by atoms with Gasteiger partial charge < -0.3 is 10.4 Å². The molecule has 0 amide bonds. The SMILES string of the molecule is CC(C)(CO)NCc1sc(C(F)(F)F)nc1Br. The van der Waals surface area contributed by atoms with Gasteiger partial charge in [-0.3, -0.25) is 0 Å². The summed E-state index contributed by atoms with van der Waals surface area (Å²) in [5, 5.41) is 11.1. The molecule has 0 aromatic carbocycles. The van der Waals surface area contributed by atoms with Gasteiger partial charge in [-0.05, 0) is 29.8 Å². The number of thiazole rings is 1. The smallest absolute Gasteiger partial charge is 0.394 e. The van der Waals surface area contributed by atoms with E-state index in [4.69, 9.17) is 5.11 Å². The van der Waals surface area contributed by atoms with Crippen molar-refractivity contribution in [2.75, 3.05) is 6.61 Å². The second kappa shape index (κ2) is 5.21. The fraction of sp³-hybridized carbons (Fsp3) is 0.667. The lowest BCUT2D eigenvalue weighted by atomic mass is 10.1. The lowest BCUT2D eigenvalue weighted by molar-refractivity contribution is -0.137. The third-order valence-corrected chi connectivity index (χ3v) is 4.03. The van der Waals surface area contributed by atoms with Gasteiger partial charge in [0.15, 0.2) is 5.01 Å². The molecule has 0 atom stereocenters. The number of rotatable bonds is 4. The Labute approximate surface area is 109 Å². The van der Waals surface area contributed by atoms with Crippen molar-refractivity contribution in [1.29, 1.82) is 0 Å². The molecule has 0 saturated heterocycles. The fourth-order valence-electron chi connectivity index (χ4n) is 0.939. The van der Waals surface area contributed by atoms with Crippen molar-refractivity contribution in [2.45, 2.75) is 32.1 Å². The maximum atomic E-state index is 12.4. The Balaban J connectivity index is 2.77. The van der Waals surface area contributed by atoms with Crippen molar-refractivity contribution in [2.24, 2.45) is 0 Å². The number of aromatic nitrogens is 1. The molecular formula is C9H12BrF3N2OS. The number of aliphatic hydroxyl groups excluding tert-OH is 1. The lowest BCUT2D eigenvalue weighted by Gasteiger charge is -2.23. The van der Waals surface area contributed by atoms with Gasteiger partial charge in [-0.15, -0.1) is 11.3 Å². The van der Waals surface area contributed by atoms with Crippen LogP contribution in [0.5, 0.6) is 0 Å². The summed E-state index contributed by atoms with van der Waals surface area (Å²) in [6.07, 6.45) is -4.42. The van der Waals surface area contributed by atoms with Gasteiger partial charge in [0.2, 0.25) is 0 Å². The van der Waals surface area contributed by atoms with E-state index < -0.39 is 16.7 Å². The van der Waals surface area contributed by atoms with Gasteiger partial charge in [-0.2, -0.15) is 13.2 Å². The quantitative estimate of drug-likeness (QED) is 0.891. The Morgan fingerprint density at radius 2 is 2.00 bits per heavy atom. The zero-order valence-electron chi connectivity index (χ0n) is 9.23. The van der Waals surface area contributed by atoms with Crippen LogP contribution in [0.2, 0.25) is 0 Å². The second-order valence-electron chi connectivity index (χ2n) is 4.13. The van der Waals surface area contributed by atoms with E-state index in [2.05, 4.69) is 26.2 Å².